The fourth-order valence-corrected chi connectivity index (χ4v) is 7.11. The van der Waals surface area contributed by atoms with E-state index in [2.05, 4.69) is 31.1 Å². The summed E-state index contributed by atoms with van der Waals surface area (Å²) in [5.74, 6) is 0. The van der Waals surface area contributed by atoms with Gasteiger partial charge in [-0.2, -0.15) is 22.7 Å². The number of rotatable bonds is 5. The van der Waals surface area contributed by atoms with Crippen LogP contribution in [0.15, 0.2) is 66.5 Å². The largest absolute Gasteiger partial charge is 0.301 e. The van der Waals surface area contributed by atoms with Crippen molar-refractivity contribution in [2.75, 3.05) is 13.1 Å². The molecule has 0 N–H and O–H groups in total. The average molecular weight is 529 g/mol. The van der Waals surface area contributed by atoms with Gasteiger partial charge in [-0.05, 0) is 48.6 Å². The summed E-state index contributed by atoms with van der Waals surface area (Å²) in [6.07, 6.45) is 18.5. The summed E-state index contributed by atoms with van der Waals surface area (Å²) >= 11 is 0. The summed E-state index contributed by atoms with van der Waals surface area (Å²) < 4.78 is 32.1. The van der Waals surface area contributed by atoms with Crippen LogP contribution in [0.4, 0.5) is 0 Å². The van der Waals surface area contributed by atoms with E-state index in [1.54, 1.807) is 27.5 Å². The molecule has 7 rings (SSSR count). The van der Waals surface area contributed by atoms with E-state index >= 15 is 0 Å². The van der Waals surface area contributed by atoms with Crippen LogP contribution in [0.1, 0.15) is 37.7 Å². The molecular formula is C27H28N8O2S. The standard InChI is InChI=1S/C27H28N8O2S/c1-32-17-22(14-30-32)20-6-7-26-29-16-27(34(26)18-20)38(36,37)35-25-12-21(13-28-24(25)15-31-35)19-8-10-33(11-9-19)23-4-2-3-5-23/h6-8,12-18,23H,2-5,9-11H2,1H3. The van der Waals surface area contributed by atoms with Gasteiger partial charge in [0.15, 0.2) is 5.03 Å². The second-order valence-corrected chi connectivity index (χ2v) is 11.9. The normalized spacial score (nSPS) is 17.6. The van der Waals surface area contributed by atoms with Crippen molar-refractivity contribution in [2.24, 2.45) is 7.05 Å². The van der Waals surface area contributed by atoms with Crippen LogP contribution in [-0.4, -0.2) is 65.8 Å². The van der Waals surface area contributed by atoms with Crippen LogP contribution in [0.5, 0.6) is 0 Å². The third-order valence-corrected chi connectivity index (χ3v) is 9.42. The van der Waals surface area contributed by atoms with Gasteiger partial charge in [-0.3, -0.25) is 19.0 Å². The third kappa shape index (κ3) is 3.84. The van der Waals surface area contributed by atoms with Crippen LogP contribution in [0.25, 0.3) is 33.4 Å². The van der Waals surface area contributed by atoms with E-state index in [0.717, 1.165) is 40.3 Å². The molecule has 5 aromatic rings. The molecule has 1 aliphatic heterocycles. The molecule has 0 amide bonds. The molecule has 0 aromatic carbocycles. The second-order valence-electron chi connectivity index (χ2n) is 10.2. The average Bonchev–Trinajstić information content (AvgIpc) is 3.74. The van der Waals surface area contributed by atoms with Crippen molar-refractivity contribution < 1.29 is 8.42 Å². The molecule has 11 heteroatoms. The van der Waals surface area contributed by atoms with Crippen LogP contribution in [-0.2, 0) is 17.1 Å². The summed E-state index contributed by atoms with van der Waals surface area (Å²) in [5.41, 5.74) is 5.39. The molecule has 1 fully saturated rings. The molecule has 38 heavy (non-hydrogen) atoms. The number of hydrogen-bond acceptors (Lipinski definition) is 7. The van der Waals surface area contributed by atoms with Crippen LogP contribution in [0, 0.1) is 0 Å². The van der Waals surface area contributed by atoms with Gasteiger partial charge in [-0.15, -0.1) is 0 Å². The Kier molecular flexibility index (Phi) is 5.45. The number of aryl methyl sites for hydroxylation is 1. The molecule has 0 atom stereocenters. The topological polar surface area (TPSA) is 103 Å². The minimum absolute atomic E-state index is 0.0396. The minimum Gasteiger partial charge on any atom is -0.296 e. The smallest absolute Gasteiger partial charge is 0.296 e. The fourth-order valence-electron chi connectivity index (χ4n) is 5.78. The summed E-state index contributed by atoms with van der Waals surface area (Å²) in [4.78, 5) is 11.5. The Morgan fingerprint density at radius 3 is 2.55 bits per heavy atom. The van der Waals surface area contributed by atoms with Gasteiger partial charge >= 0.3 is 10.0 Å². The summed E-state index contributed by atoms with van der Waals surface area (Å²) in [6.45, 7) is 1.95. The first-order chi connectivity index (χ1) is 18.5. The molecule has 10 nitrogen and oxygen atoms in total. The van der Waals surface area contributed by atoms with Gasteiger partial charge in [0.2, 0.25) is 0 Å². The summed E-state index contributed by atoms with van der Waals surface area (Å²) in [5, 5.41) is 8.51. The molecule has 2 aliphatic rings. The van der Waals surface area contributed by atoms with Crippen molar-refractivity contribution in [3.63, 3.8) is 0 Å². The van der Waals surface area contributed by atoms with E-state index < -0.39 is 10.0 Å². The molecule has 5 aromatic heterocycles. The Hall–Kier alpha value is -3.83. The van der Waals surface area contributed by atoms with Crippen LogP contribution < -0.4 is 0 Å². The minimum atomic E-state index is -4.05. The van der Waals surface area contributed by atoms with Gasteiger partial charge in [0.05, 0.1) is 18.6 Å². The van der Waals surface area contributed by atoms with E-state index in [1.165, 1.54) is 43.7 Å². The van der Waals surface area contributed by atoms with E-state index in [1.807, 2.05) is 31.6 Å². The number of fused-ring (bicyclic) bond motifs is 2. The van der Waals surface area contributed by atoms with Crippen molar-refractivity contribution in [2.45, 2.75) is 43.2 Å². The SMILES string of the molecule is Cn1cc(-c2ccc3ncc(S(=O)(=O)n4ncc5ncc(C6=CCN(C7CCCC7)CC6)cc54)n3c2)cn1. The third-order valence-electron chi connectivity index (χ3n) is 7.84. The number of hydrogen-bond donors (Lipinski definition) is 0. The number of imidazole rings is 1. The van der Waals surface area contributed by atoms with Gasteiger partial charge in [0.1, 0.15) is 16.7 Å². The molecule has 0 unspecified atom stereocenters. The zero-order valence-electron chi connectivity index (χ0n) is 21.1. The Bertz CT molecular complexity index is 1810. The van der Waals surface area contributed by atoms with Gasteiger partial charge in [-0.1, -0.05) is 18.9 Å². The first-order valence-electron chi connectivity index (χ1n) is 13.0. The lowest BCUT2D eigenvalue weighted by Gasteiger charge is -2.31. The molecule has 0 bridgehead atoms. The zero-order chi connectivity index (χ0) is 25.9. The number of aromatic nitrogens is 7. The van der Waals surface area contributed by atoms with Crippen LogP contribution in [0.3, 0.4) is 0 Å². The predicted octanol–water partition coefficient (Wildman–Crippen LogP) is 3.75. The van der Waals surface area contributed by atoms with Gasteiger partial charge in [-0.25, -0.2) is 4.98 Å². The lowest BCUT2D eigenvalue weighted by atomic mass is 9.99. The quantitative estimate of drug-likeness (QED) is 0.342. The van der Waals surface area contributed by atoms with Crippen molar-refractivity contribution in [1.29, 1.82) is 0 Å². The lowest BCUT2D eigenvalue weighted by molar-refractivity contribution is 0.219. The molecule has 1 saturated carbocycles. The van der Waals surface area contributed by atoms with Crippen molar-refractivity contribution >= 4 is 32.3 Å². The first kappa shape index (κ1) is 23.3. The molecule has 0 saturated heterocycles. The van der Waals surface area contributed by atoms with E-state index in [-0.39, 0.29) is 5.03 Å². The Labute approximate surface area is 220 Å². The zero-order valence-corrected chi connectivity index (χ0v) is 21.9. The highest BCUT2D eigenvalue weighted by atomic mass is 32.2. The van der Waals surface area contributed by atoms with E-state index in [9.17, 15) is 8.42 Å². The molecular weight excluding hydrogens is 500 g/mol. The number of pyridine rings is 2. The van der Waals surface area contributed by atoms with Gasteiger partial charge in [0.25, 0.3) is 0 Å². The summed E-state index contributed by atoms with van der Waals surface area (Å²) in [7, 11) is -2.21. The Balaban J connectivity index is 1.25. The van der Waals surface area contributed by atoms with Crippen molar-refractivity contribution in [3.8, 4) is 11.1 Å². The highest BCUT2D eigenvalue weighted by Gasteiger charge is 2.27. The van der Waals surface area contributed by atoms with E-state index in [0.29, 0.717) is 22.7 Å². The highest BCUT2D eigenvalue weighted by molar-refractivity contribution is 7.90. The van der Waals surface area contributed by atoms with Gasteiger partial charge in [0, 0.05) is 55.9 Å². The van der Waals surface area contributed by atoms with E-state index in [4.69, 9.17) is 0 Å². The van der Waals surface area contributed by atoms with Crippen molar-refractivity contribution in [3.05, 3.63) is 67.0 Å². The first-order valence-corrected chi connectivity index (χ1v) is 14.4. The summed E-state index contributed by atoms with van der Waals surface area (Å²) in [6, 6.07) is 6.30. The monoisotopic (exact) mass is 528 g/mol. The number of nitrogens with zero attached hydrogens (tertiary/aromatic N) is 8. The molecule has 1 aliphatic carbocycles. The molecule has 6 heterocycles. The Morgan fingerprint density at radius 1 is 0.921 bits per heavy atom. The van der Waals surface area contributed by atoms with Crippen LogP contribution >= 0.6 is 0 Å². The maximum Gasteiger partial charge on any atom is 0.301 e. The van der Waals surface area contributed by atoms with Crippen molar-refractivity contribution in [1.82, 2.24) is 38.2 Å². The maximum absolute atomic E-state index is 13.9. The maximum atomic E-state index is 13.9. The lowest BCUT2D eigenvalue weighted by Crippen LogP contribution is -2.36. The predicted molar refractivity (Wildman–Crippen MR) is 144 cm³/mol. The fraction of sp³-hybridized carbons (Fsp3) is 0.333. The van der Waals surface area contributed by atoms with Crippen LogP contribution in [0.2, 0.25) is 0 Å². The molecule has 0 radical (unpaired) electrons. The molecule has 0 spiro atoms. The molecule has 194 valence electrons. The second kappa shape index (κ2) is 8.88. The highest BCUT2D eigenvalue weighted by Crippen LogP contribution is 2.30. The van der Waals surface area contributed by atoms with Gasteiger partial charge < -0.3 is 0 Å². The Morgan fingerprint density at radius 2 is 1.79 bits per heavy atom.